The zero-order chi connectivity index (χ0) is 22.7. The second-order valence-corrected chi connectivity index (χ2v) is 7.82. The molecule has 0 unspecified atom stereocenters. The Labute approximate surface area is 195 Å². The summed E-state index contributed by atoms with van der Waals surface area (Å²) in [5, 5.41) is 3.46. The fourth-order valence-corrected chi connectivity index (χ4v) is 3.71. The van der Waals surface area contributed by atoms with E-state index in [0.29, 0.717) is 40.3 Å². The number of rotatable bonds is 4. The quantitative estimate of drug-likeness (QED) is 0.465. The Kier molecular flexibility index (Phi) is 6.44. The highest BCUT2D eigenvalue weighted by Gasteiger charge is 2.27. The normalized spacial score (nSPS) is 13.7. The SMILES string of the molecule is CCOC(=O)c1ccc(N2Cc3ccccc3/C2=N\C(=O)Nc2ccc(Cl)c(Cl)c2)cc1. The number of hydrogen-bond donors (Lipinski definition) is 1. The maximum Gasteiger partial charge on any atom is 0.347 e. The first-order valence-corrected chi connectivity index (χ1v) is 10.7. The molecule has 1 N–H and O–H groups in total. The third-order valence-electron chi connectivity index (χ3n) is 4.91. The Morgan fingerprint density at radius 3 is 2.50 bits per heavy atom. The predicted octanol–water partition coefficient (Wildman–Crippen LogP) is 6.17. The smallest absolute Gasteiger partial charge is 0.347 e. The van der Waals surface area contributed by atoms with Crippen LogP contribution in [0.25, 0.3) is 0 Å². The van der Waals surface area contributed by atoms with E-state index < -0.39 is 6.03 Å². The van der Waals surface area contributed by atoms with Crippen molar-refractivity contribution in [1.82, 2.24) is 0 Å². The largest absolute Gasteiger partial charge is 0.462 e. The molecule has 0 atom stereocenters. The molecule has 8 heteroatoms. The first kappa shape index (κ1) is 21.9. The number of fused-ring (bicyclic) bond motifs is 1. The summed E-state index contributed by atoms with van der Waals surface area (Å²) in [6, 6.07) is 19.1. The van der Waals surface area contributed by atoms with Crippen LogP contribution in [0.3, 0.4) is 0 Å². The lowest BCUT2D eigenvalue weighted by Gasteiger charge is -2.19. The molecule has 1 heterocycles. The van der Waals surface area contributed by atoms with Crippen LogP contribution >= 0.6 is 23.2 Å². The zero-order valence-corrected chi connectivity index (χ0v) is 18.7. The molecule has 0 fully saturated rings. The van der Waals surface area contributed by atoms with Crippen LogP contribution < -0.4 is 10.2 Å². The number of amidine groups is 1. The minimum Gasteiger partial charge on any atom is -0.462 e. The average Bonchev–Trinajstić information content (AvgIpc) is 3.15. The highest BCUT2D eigenvalue weighted by Crippen LogP contribution is 2.30. The number of esters is 1. The third-order valence-corrected chi connectivity index (χ3v) is 5.65. The van der Waals surface area contributed by atoms with Gasteiger partial charge in [0.25, 0.3) is 0 Å². The molecule has 0 saturated heterocycles. The fourth-order valence-electron chi connectivity index (χ4n) is 3.41. The summed E-state index contributed by atoms with van der Waals surface area (Å²) in [5.74, 6) is 0.140. The summed E-state index contributed by atoms with van der Waals surface area (Å²) < 4.78 is 5.04. The van der Waals surface area contributed by atoms with Crippen LogP contribution in [0.1, 0.15) is 28.4 Å². The summed E-state index contributed by atoms with van der Waals surface area (Å²) in [6.07, 6.45) is 0. The number of carbonyl (C=O) groups is 2. The number of carbonyl (C=O) groups excluding carboxylic acids is 2. The standard InChI is InChI=1S/C24H19Cl2N3O3/c1-2-32-23(30)15-7-10-18(11-8-15)29-14-16-5-3-4-6-19(16)22(29)28-24(31)27-17-9-12-20(25)21(26)13-17/h3-13H,2,14H2,1H3,(H,27,31)/b28-22+. The Morgan fingerprint density at radius 1 is 1.03 bits per heavy atom. The van der Waals surface area contributed by atoms with Crippen molar-refractivity contribution in [2.75, 3.05) is 16.8 Å². The molecule has 2 amide bonds. The van der Waals surface area contributed by atoms with Gasteiger partial charge >= 0.3 is 12.0 Å². The van der Waals surface area contributed by atoms with Gasteiger partial charge in [-0.2, -0.15) is 4.99 Å². The van der Waals surface area contributed by atoms with E-state index in [-0.39, 0.29) is 5.97 Å². The lowest BCUT2D eigenvalue weighted by atomic mass is 10.1. The van der Waals surface area contributed by atoms with E-state index >= 15 is 0 Å². The molecule has 6 nitrogen and oxygen atoms in total. The van der Waals surface area contributed by atoms with Crippen LogP contribution in [0, 0.1) is 0 Å². The molecule has 162 valence electrons. The number of hydrogen-bond acceptors (Lipinski definition) is 3. The molecule has 3 aromatic rings. The second-order valence-electron chi connectivity index (χ2n) is 7.01. The molecule has 4 rings (SSSR count). The summed E-state index contributed by atoms with van der Waals surface area (Å²) in [4.78, 5) is 30.9. The Bertz CT molecular complexity index is 1210. The summed E-state index contributed by atoms with van der Waals surface area (Å²) in [5.41, 5.74) is 3.66. The van der Waals surface area contributed by atoms with Gasteiger partial charge in [-0.15, -0.1) is 0 Å². The molecule has 0 bridgehead atoms. The minimum absolute atomic E-state index is 0.312. The van der Waals surface area contributed by atoms with Gasteiger partial charge in [0.15, 0.2) is 0 Å². The van der Waals surface area contributed by atoms with Crippen molar-refractivity contribution in [3.05, 3.63) is 93.5 Å². The van der Waals surface area contributed by atoms with Gasteiger partial charge in [0.05, 0.1) is 28.8 Å². The average molecular weight is 468 g/mol. The molecule has 3 aromatic carbocycles. The molecule has 1 aliphatic rings. The highest BCUT2D eigenvalue weighted by molar-refractivity contribution is 6.42. The van der Waals surface area contributed by atoms with Crippen LogP contribution in [0.5, 0.6) is 0 Å². The number of anilines is 2. The minimum atomic E-state index is -0.539. The van der Waals surface area contributed by atoms with Gasteiger partial charge in [0.2, 0.25) is 0 Å². The topological polar surface area (TPSA) is 71.0 Å². The van der Waals surface area contributed by atoms with Crippen molar-refractivity contribution in [1.29, 1.82) is 0 Å². The number of halogens is 2. The van der Waals surface area contributed by atoms with Crippen molar-refractivity contribution >= 4 is 52.4 Å². The van der Waals surface area contributed by atoms with Gasteiger partial charge < -0.3 is 15.0 Å². The Balaban J connectivity index is 1.63. The molecule has 32 heavy (non-hydrogen) atoms. The van der Waals surface area contributed by atoms with Crippen molar-refractivity contribution in [2.24, 2.45) is 4.99 Å². The molecule has 0 aliphatic carbocycles. The van der Waals surface area contributed by atoms with Crippen molar-refractivity contribution in [3.63, 3.8) is 0 Å². The van der Waals surface area contributed by atoms with E-state index in [1.165, 1.54) is 0 Å². The maximum atomic E-state index is 12.7. The number of amides is 2. The number of nitrogens with zero attached hydrogens (tertiary/aromatic N) is 2. The van der Waals surface area contributed by atoms with Gasteiger partial charge in [-0.1, -0.05) is 47.5 Å². The first-order valence-electron chi connectivity index (χ1n) is 9.94. The van der Waals surface area contributed by atoms with E-state index in [2.05, 4.69) is 10.3 Å². The maximum absolute atomic E-state index is 12.7. The van der Waals surface area contributed by atoms with Gasteiger partial charge in [-0.05, 0) is 55.0 Å². The van der Waals surface area contributed by atoms with Crippen molar-refractivity contribution in [2.45, 2.75) is 13.5 Å². The van der Waals surface area contributed by atoms with E-state index in [4.69, 9.17) is 27.9 Å². The molecular formula is C24H19Cl2N3O3. The molecule has 0 radical (unpaired) electrons. The molecule has 0 aromatic heterocycles. The van der Waals surface area contributed by atoms with E-state index in [9.17, 15) is 9.59 Å². The van der Waals surface area contributed by atoms with Gasteiger partial charge in [0.1, 0.15) is 5.84 Å². The van der Waals surface area contributed by atoms with E-state index in [0.717, 1.165) is 16.8 Å². The van der Waals surface area contributed by atoms with E-state index in [1.54, 1.807) is 37.3 Å². The molecule has 1 aliphatic heterocycles. The lowest BCUT2D eigenvalue weighted by Crippen LogP contribution is -2.26. The van der Waals surface area contributed by atoms with E-state index in [1.807, 2.05) is 41.3 Å². The highest BCUT2D eigenvalue weighted by atomic mass is 35.5. The van der Waals surface area contributed by atoms with Crippen LogP contribution in [-0.2, 0) is 11.3 Å². The number of benzene rings is 3. The number of ether oxygens (including phenoxy) is 1. The number of urea groups is 1. The fraction of sp³-hybridized carbons (Fsp3) is 0.125. The zero-order valence-electron chi connectivity index (χ0n) is 17.1. The van der Waals surface area contributed by atoms with Crippen LogP contribution in [0.4, 0.5) is 16.2 Å². The summed E-state index contributed by atoms with van der Waals surface area (Å²) in [7, 11) is 0. The third kappa shape index (κ3) is 4.61. The molecule has 0 spiro atoms. The van der Waals surface area contributed by atoms with Crippen LogP contribution in [-0.4, -0.2) is 24.4 Å². The lowest BCUT2D eigenvalue weighted by molar-refractivity contribution is 0.0526. The van der Waals surface area contributed by atoms with Gasteiger partial charge in [0, 0.05) is 16.9 Å². The number of aliphatic imine (C=N–C) groups is 1. The van der Waals surface area contributed by atoms with Gasteiger partial charge in [-0.3, -0.25) is 0 Å². The van der Waals surface area contributed by atoms with Crippen LogP contribution in [0.2, 0.25) is 10.0 Å². The van der Waals surface area contributed by atoms with Crippen molar-refractivity contribution < 1.29 is 14.3 Å². The molecular weight excluding hydrogens is 449 g/mol. The number of nitrogens with one attached hydrogen (secondary N) is 1. The Hall–Kier alpha value is -3.35. The summed E-state index contributed by atoms with van der Waals surface area (Å²) in [6.45, 7) is 2.63. The first-order chi connectivity index (χ1) is 15.5. The second kappa shape index (κ2) is 9.42. The predicted molar refractivity (Wildman–Crippen MR) is 127 cm³/mol. The van der Waals surface area contributed by atoms with Crippen LogP contribution in [0.15, 0.2) is 71.7 Å². The molecule has 0 saturated carbocycles. The monoisotopic (exact) mass is 467 g/mol. The van der Waals surface area contributed by atoms with Crippen molar-refractivity contribution in [3.8, 4) is 0 Å². The van der Waals surface area contributed by atoms with Gasteiger partial charge in [-0.25, -0.2) is 9.59 Å². The Morgan fingerprint density at radius 2 is 1.78 bits per heavy atom. The summed E-state index contributed by atoms with van der Waals surface area (Å²) >= 11 is 12.0.